The Labute approximate surface area is 67.5 Å². The Hall–Kier alpha value is -1.29. The van der Waals surface area contributed by atoms with Crippen molar-refractivity contribution in [3.63, 3.8) is 0 Å². The van der Waals surface area contributed by atoms with E-state index in [1.54, 1.807) is 0 Å². The molecule has 1 atom stereocenters. The van der Waals surface area contributed by atoms with Crippen LogP contribution < -0.4 is 0 Å². The van der Waals surface area contributed by atoms with Crippen LogP contribution in [0.2, 0.25) is 0 Å². The van der Waals surface area contributed by atoms with E-state index in [1.807, 2.05) is 32.0 Å². The van der Waals surface area contributed by atoms with Crippen LogP contribution in [0.5, 0.6) is 0 Å². The van der Waals surface area contributed by atoms with E-state index in [4.69, 9.17) is 6.42 Å². The van der Waals surface area contributed by atoms with Gasteiger partial charge in [0.05, 0.1) is 11.6 Å². The fourth-order valence-corrected chi connectivity index (χ4v) is 0.891. The van der Waals surface area contributed by atoms with E-state index in [1.165, 1.54) is 0 Å². The molecule has 1 heterocycles. The Morgan fingerprint density at radius 3 is 2.82 bits per heavy atom. The van der Waals surface area contributed by atoms with Gasteiger partial charge in [0.25, 0.3) is 0 Å². The van der Waals surface area contributed by atoms with Gasteiger partial charge in [-0.05, 0) is 26.0 Å². The molecule has 0 bridgehead atoms. The van der Waals surface area contributed by atoms with Crippen molar-refractivity contribution in [2.45, 2.75) is 19.8 Å². The van der Waals surface area contributed by atoms with E-state index in [0.29, 0.717) is 0 Å². The Bertz CT molecular complexity index is 283. The van der Waals surface area contributed by atoms with Crippen LogP contribution in [0.4, 0.5) is 0 Å². The van der Waals surface area contributed by atoms with Crippen molar-refractivity contribution < 1.29 is 0 Å². The molecule has 0 aliphatic heterocycles. The summed E-state index contributed by atoms with van der Waals surface area (Å²) in [7, 11) is 0. The predicted molar refractivity (Wildman–Crippen MR) is 46.2 cm³/mol. The highest BCUT2D eigenvalue weighted by Crippen LogP contribution is 2.10. The summed E-state index contributed by atoms with van der Waals surface area (Å²) >= 11 is 0. The molecule has 0 amide bonds. The van der Waals surface area contributed by atoms with Crippen molar-refractivity contribution in [1.82, 2.24) is 4.98 Å². The molecule has 0 saturated carbocycles. The lowest BCUT2D eigenvalue weighted by molar-refractivity contribution is 0.921. The molecule has 0 saturated heterocycles. The molecule has 0 aliphatic rings. The van der Waals surface area contributed by atoms with Crippen molar-refractivity contribution >= 4 is 0 Å². The van der Waals surface area contributed by atoms with Gasteiger partial charge in [-0.15, -0.1) is 6.42 Å². The number of terminal acetylenes is 1. The monoisotopic (exact) mass is 145 g/mol. The van der Waals surface area contributed by atoms with Crippen LogP contribution in [0, 0.1) is 19.3 Å². The third kappa shape index (κ3) is 1.81. The Morgan fingerprint density at radius 2 is 2.27 bits per heavy atom. The number of hydrogen-bond donors (Lipinski definition) is 0. The first-order chi connectivity index (χ1) is 5.24. The fraction of sp³-hybridized carbons (Fsp3) is 0.300. The zero-order chi connectivity index (χ0) is 8.27. The topological polar surface area (TPSA) is 12.9 Å². The fourth-order valence-electron chi connectivity index (χ4n) is 0.891. The molecule has 0 spiro atoms. The Morgan fingerprint density at radius 1 is 1.55 bits per heavy atom. The SMILES string of the molecule is C#CC(C)c1cccc(C)n1. The highest BCUT2D eigenvalue weighted by Gasteiger charge is 2.01. The van der Waals surface area contributed by atoms with Gasteiger partial charge in [0.2, 0.25) is 0 Å². The molecule has 56 valence electrons. The van der Waals surface area contributed by atoms with E-state index < -0.39 is 0 Å². The maximum absolute atomic E-state index is 5.26. The summed E-state index contributed by atoms with van der Waals surface area (Å²) in [6.07, 6.45) is 5.26. The first-order valence-electron chi connectivity index (χ1n) is 3.63. The summed E-state index contributed by atoms with van der Waals surface area (Å²) in [5.41, 5.74) is 2.00. The molecule has 0 radical (unpaired) electrons. The molecule has 11 heavy (non-hydrogen) atoms. The lowest BCUT2D eigenvalue weighted by atomic mass is 10.1. The molecule has 1 nitrogen and oxygen atoms in total. The number of hydrogen-bond acceptors (Lipinski definition) is 1. The molecule has 1 unspecified atom stereocenters. The van der Waals surface area contributed by atoms with Gasteiger partial charge in [0.15, 0.2) is 0 Å². The van der Waals surface area contributed by atoms with Gasteiger partial charge in [0, 0.05) is 5.69 Å². The van der Waals surface area contributed by atoms with Crippen molar-refractivity contribution in [3.05, 3.63) is 29.6 Å². The molecule has 0 aliphatic carbocycles. The summed E-state index contributed by atoms with van der Waals surface area (Å²) < 4.78 is 0. The van der Waals surface area contributed by atoms with Gasteiger partial charge in [-0.3, -0.25) is 4.98 Å². The zero-order valence-electron chi connectivity index (χ0n) is 6.83. The second-order valence-corrected chi connectivity index (χ2v) is 2.59. The van der Waals surface area contributed by atoms with Crippen LogP contribution in [0.1, 0.15) is 24.2 Å². The second kappa shape index (κ2) is 3.21. The highest BCUT2D eigenvalue weighted by atomic mass is 14.7. The van der Waals surface area contributed by atoms with E-state index >= 15 is 0 Å². The summed E-state index contributed by atoms with van der Waals surface area (Å²) in [4.78, 5) is 4.30. The molecule has 0 aromatic carbocycles. The Balaban J connectivity index is 2.98. The van der Waals surface area contributed by atoms with Crippen LogP contribution in [0.15, 0.2) is 18.2 Å². The van der Waals surface area contributed by atoms with Gasteiger partial charge in [-0.2, -0.15) is 0 Å². The van der Waals surface area contributed by atoms with Gasteiger partial charge >= 0.3 is 0 Å². The quantitative estimate of drug-likeness (QED) is 0.552. The molecule has 0 N–H and O–H groups in total. The van der Waals surface area contributed by atoms with Crippen LogP contribution >= 0.6 is 0 Å². The molecular weight excluding hydrogens is 134 g/mol. The summed E-state index contributed by atoms with van der Waals surface area (Å²) in [5, 5.41) is 0. The first-order valence-corrected chi connectivity index (χ1v) is 3.63. The summed E-state index contributed by atoms with van der Waals surface area (Å²) in [5.74, 6) is 2.77. The average molecular weight is 145 g/mol. The predicted octanol–water partition coefficient (Wildman–Crippen LogP) is 2.13. The lowest BCUT2D eigenvalue weighted by Gasteiger charge is -2.02. The smallest absolute Gasteiger partial charge is 0.0594 e. The van der Waals surface area contributed by atoms with Crippen LogP contribution in [0.3, 0.4) is 0 Å². The average Bonchev–Trinajstić information content (AvgIpc) is 2.03. The maximum atomic E-state index is 5.26. The largest absolute Gasteiger partial charge is 0.257 e. The number of aromatic nitrogens is 1. The molecule has 1 heteroatoms. The van der Waals surface area contributed by atoms with Crippen LogP contribution in [-0.2, 0) is 0 Å². The third-order valence-corrected chi connectivity index (χ3v) is 1.60. The first kappa shape index (κ1) is 7.81. The highest BCUT2D eigenvalue weighted by molar-refractivity contribution is 5.19. The number of pyridine rings is 1. The van der Waals surface area contributed by atoms with Gasteiger partial charge in [0.1, 0.15) is 0 Å². The van der Waals surface area contributed by atoms with E-state index in [2.05, 4.69) is 10.9 Å². The van der Waals surface area contributed by atoms with Crippen LogP contribution in [0.25, 0.3) is 0 Å². The normalized spacial score (nSPS) is 12.1. The van der Waals surface area contributed by atoms with Gasteiger partial charge in [-0.1, -0.05) is 12.0 Å². The maximum Gasteiger partial charge on any atom is 0.0594 e. The van der Waals surface area contributed by atoms with E-state index in [-0.39, 0.29) is 5.92 Å². The van der Waals surface area contributed by atoms with Crippen molar-refractivity contribution in [2.24, 2.45) is 0 Å². The van der Waals surface area contributed by atoms with E-state index in [9.17, 15) is 0 Å². The van der Waals surface area contributed by atoms with Crippen molar-refractivity contribution in [1.29, 1.82) is 0 Å². The van der Waals surface area contributed by atoms with Gasteiger partial charge in [-0.25, -0.2) is 0 Å². The van der Waals surface area contributed by atoms with Gasteiger partial charge < -0.3 is 0 Å². The van der Waals surface area contributed by atoms with Crippen molar-refractivity contribution in [2.75, 3.05) is 0 Å². The number of rotatable bonds is 1. The third-order valence-electron chi connectivity index (χ3n) is 1.60. The number of nitrogens with zero attached hydrogens (tertiary/aromatic N) is 1. The minimum atomic E-state index is 0.120. The second-order valence-electron chi connectivity index (χ2n) is 2.59. The Kier molecular flexibility index (Phi) is 2.28. The molecule has 1 aromatic rings. The minimum Gasteiger partial charge on any atom is -0.257 e. The van der Waals surface area contributed by atoms with Crippen molar-refractivity contribution in [3.8, 4) is 12.3 Å². The number of aryl methyl sites for hydroxylation is 1. The summed E-state index contributed by atoms with van der Waals surface area (Å²) in [6.45, 7) is 3.94. The lowest BCUT2D eigenvalue weighted by Crippen LogP contribution is -1.94. The standard InChI is InChI=1S/C10H11N/c1-4-8(2)10-7-5-6-9(3)11-10/h1,5-8H,2-3H3. The molecule has 1 aromatic heterocycles. The minimum absolute atomic E-state index is 0.120. The molecule has 1 rings (SSSR count). The molecular formula is C10H11N. The van der Waals surface area contributed by atoms with Crippen LogP contribution in [-0.4, -0.2) is 4.98 Å². The molecule has 0 fully saturated rings. The summed E-state index contributed by atoms with van der Waals surface area (Å²) in [6, 6.07) is 5.90. The zero-order valence-corrected chi connectivity index (χ0v) is 6.83. The van der Waals surface area contributed by atoms with E-state index in [0.717, 1.165) is 11.4 Å².